The molecule has 1 aromatic heterocycles. The molecule has 0 aromatic carbocycles. The van der Waals surface area contributed by atoms with E-state index in [-0.39, 0.29) is 12.4 Å². The Morgan fingerprint density at radius 3 is 3.06 bits per heavy atom. The maximum Gasteiger partial charge on any atom is 0.106 e. The molecule has 1 aliphatic heterocycles. The Kier molecular flexibility index (Phi) is 5.69. The lowest BCUT2D eigenvalue weighted by Gasteiger charge is -2.23. The lowest BCUT2D eigenvalue weighted by molar-refractivity contribution is 0.249. The predicted octanol–water partition coefficient (Wildman–Crippen LogP) is 2.06. The summed E-state index contributed by atoms with van der Waals surface area (Å²) in [6.45, 7) is 3.26. The van der Waals surface area contributed by atoms with Gasteiger partial charge in [-0.1, -0.05) is 0 Å². The molecule has 16 heavy (non-hydrogen) atoms. The lowest BCUT2D eigenvalue weighted by atomic mass is 10.2. The molecule has 2 rings (SSSR count). The highest BCUT2D eigenvalue weighted by molar-refractivity contribution is 9.10. The number of hydrogen-bond acceptors (Lipinski definition) is 3. The summed E-state index contributed by atoms with van der Waals surface area (Å²) < 4.78 is 0.915. The van der Waals surface area contributed by atoms with Crippen LogP contribution in [0.4, 0.5) is 0 Å². The zero-order valence-corrected chi connectivity index (χ0v) is 11.7. The SMILES string of the molecule is CN(Cc1ccnc(Br)c1)[C@H]1CCNC1.Cl. The fourth-order valence-corrected chi connectivity index (χ4v) is 2.39. The van der Waals surface area contributed by atoms with Crippen LogP contribution in [0.25, 0.3) is 0 Å². The van der Waals surface area contributed by atoms with Crippen molar-refractivity contribution < 1.29 is 0 Å². The van der Waals surface area contributed by atoms with Gasteiger partial charge in [0.25, 0.3) is 0 Å². The van der Waals surface area contributed by atoms with Crippen molar-refractivity contribution in [1.29, 1.82) is 0 Å². The zero-order valence-electron chi connectivity index (χ0n) is 9.32. The first-order chi connectivity index (χ1) is 7.25. The van der Waals surface area contributed by atoms with E-state index in [4.69, 9.17) is 0 Å². The van der Waals surface area contributed by atoms with E-state index in [0.29, 0.717) is 6.04 Å². The molecular weight excluding hydrogens is 289 g/mol. The highest BCUT2D eigenvalue weighted by Crippen LogP contribution is 2.13. The van der Waals surface area contributed by atoms with Gasteiger partial charge in [-0.05, 0) is 53.6 Å². The van der Waals surface area contributed by atoms with E-state index in [1.807, 2.05) is 6.20 Å². The van der Waals surface area contributed by atoms with Crippen LogP contribution in [-0.2, 0) is 6.54 Å². The van der Waals surface area contributed by atoms with E-state index in [0.717, 1.165) is 24.2 Å². The molecule has 3 nitrogen and oxygen atoms in total. The lowest BCUT2D eigenvalue weighted by Crippen LogP contribution is -2.32. The highest BCUT2D eigenvalue weighted by Gasteiger charge is 2.18. The second-order valence-electron chi connectivity index (χ2n) is 4.05. The second kappa shape index (κ2) is 6.55. The molecule has 0 bridgehead atoms. The summed E-state index contributed by atoms with van der Waals surface area (Å²) in [5.41, 5.74) is 1.31. The topological polar surface area (TPSA) is 28.2 Å². The monoisotopic (exact) mass is 305 g/mol. The first-order valence-electron chi connectivity index (χ1n) is 5.27. The fraction of sp³-hybridized carbons (Fsp3) is 0.545. The van der Waals surface area contributed by atoms with Crippen molar-refractivity contribution in [1.82, 2.24) is 15.2 Å². The Morgan fingerprint density at radius 1 is 1.62 bits per heavy atom. The average molecular weight is 307 g/mol. The zero-order chi connectivity index (χ0) is 10.7. The number of pyridine rings is 1. The van der Waals surface area contributed by atoms with E-state index >= 15 is 0 Å². The molecule has 0 amide bonds. The van der Waals surface area contributed by atoms with E-state index in [1.54, 1.807) is 0 Å². The Bertz CT molecular complexity index is 329. The van der Waals surface area contributed by atoms with Crippen LogP contribution in [0.2, 0.25) is 0 Å². The van der Waals surface area contributed by atoms with Crippen molar-refractivity contribution in [2.45, 2.75) is 19.0 Å². The molecule has 5 heteroatoms. The summed E-state index contributed by atoms with van der Waals surface area (Å²) >= 11 is 3.39. The summed E-state index contributed by atoms with van der Waals surface area (Å²) in [5, 5.41) is 3.39. The highest BCUT2D eigenvalue weighted by atomic mass is 79.9. The Balaban J connectivity index is 0.00000128. The van der Waals surface area contributed by atoms with Crippen molar-refractivity contribution in [3.05, 3.63) is 28.5 Å². The minimum absolute atomic E-state index is 0. The molecule has 0 radical (unpaired) electrons. The standard InChI is InChI=1S/C11H16BrN3.ClH/c1-15(10-3-4-13-7-10)8-9-2-5-14-11(12)6-9;/h2,5-6,10,13H,3-4,7-8H2,1H3;1H/t10-;/m0./s1. The van der Waals surface area contributed by atoms with Crippen LogP contribution in [0.15, 0.2) is 22.9 Å². The minimum atomic E-state index is 0. The third kappa shape index (κ3) is 3.70. The van der Waals surface area contributed by atoms with E-state index < -0.39 is 0 Å². The number of hydrogen-bond donors (Lipinski definition) is 1. The first kappa shape index (κ1) is 13.9. The second-order valence-corrected chi connectivity index (χ2v) is 4.86. The Hall–Kier alpha value is -0.160. The van der Waals surface area contributed by atoms with E-state index in [9.17, 15) is 0 Å². The largest absolute Gasteiger partial charge is 0.315 e. The van der Waals surface area contributed by atoms with Gasteiger partial charge in [0, 0.05) is 25.3 Å². The Labute approximate surface area is 111 Å². The Morgan fingerprint density at radius 2 is 2.44 bits per heavy atom. The maximum atomic E-state index is 4.13. The number of halogens is 2. The van der Waals surface area contributed by atoms with Crippen molar-refractivity contribution in [3.63, 3.8) is 0 Å². The van der Waals surface area contributed by atoms with Gasteiger partial charge < -0.3 is 5.32 Å². The number of rotatable bonds is 3. The number of aromatic nitrogens is 1. The summed E-state index contributed by atoms with van der Waals surface area (Å²) in [5.74, 6) is 0. The van der Waals surface area contributed by atoms with Crippen molar-refractivity contribution in [3.8, 4) is 0 Å². The molecule has 90 valence electrons. The molecule has 0 unspecified atom stereocenters. The van der Waals surface area contributed by atoms with Crippen LogP contribution in [0.3, 0.4) is 0 Å². The molecule has 0 saturated carbocycles. The summed E-state index contributed by atoms with van der Waals surface area (Å²) in [7, 11) is 2.19. The molecule has 0 aliphatic carbocycles. The molecule has 2 heterocycles. The van der Waals surface area contributed by atoms with Crippen molar-refractivity contribution in [2.24, 2.45) is 0 Å². The van der Waals surface area contributed by atoms with Gasteiger partial charge in [0.15, 0.2) is 0 Å². The van der Waals surface area contributed by atoms with Gasteiger partial charge in [-0.15, -0.1) is 12.4 Å². The van der Waals surface area contributed by atoms with Gasteiger partial charge in [-0.25, -0.2) is 4.98 Å². The molecule has 1 atom stereocenters. The van der Waals surface area contributed by atoms with E-state index in [2.05, 4.69) is 50.3 Å². The fourth-order valence-electron chi connectivity index (χ4n) is 1.97. The van der Waals surface area contributed by atoms with E-state index in [1.165, 1.54) is 12.0 Å². The van der Waals surface area contributed by atoms with Gasteiger partial charge in [0.05, 0.1) is 0 Å². The molecule has 1 aliphatic rings. The molecule has 0 spiro atoms. The van der Waals surface area contributed by atoms with Crippen LogP contribution >= 0.6 is 28.3 Å². The smallest absolute Gasteiger partial charge is 0.106 e. The molecular formula is C11H17BrClN3. The first-order valence-corrected chi connectivity index (χ1v) is 6.06. The maximum absolute atomic E-state index is 4.13. The summed E-state index contributed by atoms with van der Waals surface area (Å²) in [6, 6.07) is 4.83. The van der Waals surface area contributed by atoms with Crippen molar-refractivity contribution in [2.75, 3.05) is 20.1 Å². The van der Waals surface area contributed by atoms with Crippen LogP contribution in [0.1, 0.15) is 12.0 Å². The number of likely N-dealkylation sites (N-methyl/N-ethyl adjacent to an activating group) is 1. The summed E-state index contributed by atoms with van der Waals surface area (Å²) in [6.07, 6.45) is 3.10. The quantitative estimate of drug-likeness (QED) is 0.867. The van der Waals surface area contributed by atoms with Gasteiger partial charge in [-0.2, -0.15) is 0 Å². The molecule has 1 saturated heterocycles. The van der Waals surface area contributed by atoms with Crippen LogP contribution in [0.5, 0.6) is 0 Å². The number of nitrogens with zero attached hydrogens (tertiary/aromatic N) is 2. The predicted molar refractivity (Wildman–Crippen MR) is 71.9 cm³/mol. The summed E-state index contributed by atoms with van der Waals surface area (Å²) in [4.78, 5) is 6.53. The number of nitrogens with one attached hydrogen (secondary N) is 1. The van der Waals surface area contributed by atoms with Crippen LogP contribution in [-0.4, -0.2) is 36.1 Å². The normalized spacial score (nSPS) is 19.8. The van der Waals surface area contributed by atoms with Gasteiger partial charge in [0.2, 0.25) is 0 Å². The molecule has 1 aromatic rings. The van der Waals surface area contributed by atoms with Crippen LogP contribution < -0.4 is 5.32 Å². The van der Waals surface area contributed by atoms with Crippen LogP contribution in [0, 0.1) is 0 Å². The minimum Gasteiger partial charge on any atom is -0.315 e. The molecule has 1 N–H and O–H groups in total. The molecule has 1 fully saturated rings. The van der Waals surface area contributed by atoms with Gasteiger partial charge in [0.1, 0.15) is 4.60 Å². The van der Waals surface area contributed by atoms with Gasteiger partial charge >= 0.3 is 0 Å². The average Bonchev–Trinajstić information content (AvgIpc) is 2.70. The van der Waals surface area contributed by atoms with Gasteiger partial charge in [-0.3, -0.25) is 4.90 Å². The third-order valence-electron chi connectivity index (χ3n) is 2.88. The van der Waals surface area contributed by atoms with Crippen molar-refractivity contribution >= 4 is 28.3 Å². The third-order valence-corrected chi connectivity index (χ3v) is 3.31.